The number of hydrogen-bond acceptors (Lipinski definition) is 5. The predicted molar refractivity (Wildman–Crippen MR) is 104 cm³/mol. The molecule has 2 aromatic carbocycles. The maximum Gasteiger partial charge on any atom is 0.179 e. The quantitative estimate of drug-likeness (QED) is 0.754. The Morgan fingerprint density at radius 1 is 1.04 bits per heavy atom. The van der Waals surface area contributed by atoms with Gasteiger partial charge in [-0.25, -0.2) is 0 Å². The molecule has 0 amide bonds. The van der Waals surface area contributed by atoms with Crippen LogP contribution in [-0.4, -0.2) is 26.9 Å². The molecule has 7 heteroatoms. The molecule has 1 aliphatic rings. The molecule has 0 radical (unpaired) electrons. The minimum atomic E-state index is 0. The molecule has 0 atom stereocenters. The van der Waals surface area contributed by atoms with E-state index in [9.17, 15) is 0 Å². The van der Waals surface area contributed by atoms with Crippen LogP contribution in [0.15, 0.2) is 30.3 Å². The maximum atomic E-state index is 6.30. The Morgan fingerprint density at radius 3 is 2.50 bits per heavy atom. The monoisotopic (exact) mass is 399 g/mol. The molecule has 0 aliphatic carbocycles. The van der Waals surface area contributed by atoms with Gasteiger partial charge in [0.05, 0.1) is 18.7 Å². The van der Waals surface area contributed by atoms with E-state index < -0.39 is 0 Å². The van der Waals surface area contributed by atoms with Gasteiger partial charge in [0, 0.05) is 13.1 Å². The van der Waals surface area contributed by atoms with Gasteiger partial charge in [0.15, 0.2) is 23.0 Å². The zero-order chi connectivity index (χ0) is 17.6. The number of halogens is 2. The van der Waals surface area contributed by atoms with Crippen LogP contribution in [0.1, 0.15) is 18.1 Å². The second kappa shape index (κ2) is 9.76. The van der Waals surface area contributed by atoms with E-state index in [1.165, 1.54) is 0 Å². The van der Waals surface area contributed by atoms with Crippen molar-refractivity contribution in [2.24, 2.45) is 0 Å². The largest absolute Gasteiger partial charge is 0.493 e. The van der Waals surface area contributed by atoms with E-state index in [-0.39, 0.29) is 12.4 Å². The van der Waals surface area contributed by atoms with Crippen LogP contribution in [-0.2, 0) is 13.1 Å². The summed E-state index contributed by atoms with van der Waals surface area (Å²) < 4.78 is 22.1. The molecular formula is C19H23Cl2NO4. The highest BCUT2D eigenvalue weighted by Crippen LogP contribution is 2.36. The van der Waals surface area contributed by atoms with Crippen LogP contribution in [0.25, 0.3) is 0 Å². The Bertz CT molecular complexity index is 740. The van der Waals surface area contributed by atoms with Crippen molar-refractivity contribution < 1.29 is 18.9 Å². The molecule has 3 rings (SSSR count). The SMILES string of the molecule is CCOc1c(Cl)cc(CNCc2ccc3c(c2)OCCO3)cc1OC.Cl. The summed E-state index contributed by atoms with van der Waals surface area (Å²) in [6.45, 7) is 5.02. The lowest BCUT2D eigenvalue weighted by atomic mass is 10.1. The smallest absolute Gasteiger partial charge is 0.179 e. The molecule has 0 bridgehead atoms. The lowest BCUT2D eigenvalue weighted by molar-refractivity contribution is 0.171. The number of fused-ring (bicyclic) bond motifs is 1. The van der Waals surface area contributed by atoms with Crippen LogP contribution >= 0.6 is 24.0 Å². The zero-order valence-corrected chi connectivity index (χ0v) is 16.4. The Morgan fingerprint density at radius 2 is 1.77 bits per heavy atom. The molecule has 0 aromatic heterocycles. The normalized spacial score (nSPS) is 12.3. The number of rotatable bonds is 7. The number of benzene rings is 2. The van der Waals surface area contributed by atoms with E-state index in [2.05, 4.69) is 5.32 Å². The third-order valence-electron chi connectivity index (χ3n) is 3.84. The van der Waals surface area contributed by atoms with E-state index in [1.807, 2.05) is 37.3 Å². The molecule has 0 saturated carbocycles. The van der Waals surface area contributed by atoms with Crippen molar-refractivity contribution >= 4 is 24.0 Å². The number of methoxy groups -OCH3 is 1. The summed E-state index contributed by atoms with van der Waals surface area (Å²) >= 11 is 6.30. The van der Waals surface area contributed by atoms with Crippen LogP contribution in [0.5, 0.6) is 23.0 Å². The van der Waals surface area contributed by atoms with E-state index in [1.54, 1.807) is 7.11 Å². The van der Waals surface area contributed by atoms with E-state index in [4.69, 9.17) is 30.5 Å². The molecule has 5 nitrogen and oxygen atoms in total. The molecular weight excluding hydrogens is 377 g/mol. The summed E-state index contributed by atoms with van der Waals surface area (Å²) in [7, 11) is 1.61. The van der Waals surface area contributed by atoms with Gasteiger partial charge in [-0.2, -0.15) is 0 Å². The van der Waals surface area contributed by atoms with Crippen LogP contribution in [0.3, 0.4) is 0 Å². The topological polar surface area (TPSA) is 49.0 Å². The van der Waals surface area contributed by atoms with Gasteiger partial charge >= 0.3 is 0 Å². The molecule has 1 aliphatic heterocycles. The Labute approximate surface area is 164 Å². The Kier molecular flexibility index (Phi) is 7.69. The first kappa shape index (κ1) is 20.5. The first-order valence-corrected chi connectivity index (χ1v) is 8.67. The summed E-state index contributed by atoms with van der Waals surface area (Å²) in [4.78, 5) is 0. The number of ether oxygens (including phenoxy) is 4. The standard InChI is InChI=1S/C19H22ClNO4.ClH/c1-3-23-19-15(20)8-14(10-18(19)22-2)12-21-11-13-4-5-16-17(9-13)25-7-6-24-16;/h4-5,8-10,21H,3,6-7,11-12H2,1-2H3;1H. The van der Waals surface area contributed by atoms with Crippen LogP contribution in [0, 0.1) is 0 Å². The maximum absolute atomic E-state index is 6.30. The molecule has 26 heavy (non-hydrogen) atoms. The summed E-state index contributed by atoms with van der Waals surface area (Å²) in [5, 5.41) is 3.96. The zero-order valence-electron chi connectivity index (χ0n) is 14.8. The van der Waals surface area contributed by atoms with Gasteiger partial charge in [-0.3, -0.25) is 0 Å². The first-order chi connectivity index (χ1) is 12.2. The molecule has 142 valence electrons. The van der Waals surface area contributed by atoms with E-state index >= 15 is 0 Å². The van der Waals surface area contributed by atoms with E-state index in [0.717, 1.165) is 22.6 Å². The van der Waals surface area contributed by atoms with Gasteiger partial charge in [-0.05, 0) is 42.3 Å². The van der Waals surface area contributed by atoms with Crippen molar-refractivity contribution in [1.29, 1.82) is 0 Å². The number of hydrogen-bond donors (Lipinski definition) is 1. The average Bonchev–Trinajstić information content (AvgIpc) is 2.63. The van der Waals surface area contributed by atoms with E-state index in [0.29, 0.717) is 49.4 Å². The minimum absolute atomic E-state index is 0. The highest BCUT2D eigenvalue weighted by atomic mass is 35.5. The van der Waals surface area contributed by atoms with Crippen LogP contribution in [0.2, 0.25) is 5.02 Å². The predicted octanol–water partition coefficient (Wildman–Crippen LogP) is 4.23. The summed E-state index contributed by atoms with van der Waals surface area (Å²) in [6.07, 6.45) is 0. The third-order valence-corrected chi connectivity index (χ3v) is 4.12. The van der Waals surface area contributed by atoms with Crippen molar-refractivity contribution in [2.75, 3.05) is 26.9 Å². The van der Waals surface area contributed by atoms with Crippen molar-refractivity contribution in [3.05, 3.63) is 46.5 Å². The summed E-state index contributed by atoms with van der Waals surface area (Å²) in [6, 6.07) is 9.82. The van der Waals surface area contributed by atoms with Gasteiger partial charge in [0.2, 0.25) is 0 Å². The van der Waals surface area contributed by atoms with Crippen molar-refractivity contribution in [3.63, 3.8) is 0 Å². The van der Waals surface area contributed by atoms with Gasteiger partial charge in [0.1, 0.15) is 13.2 Å². The minimum Gasteiger partial charge on any atom is -0.493 e. The van der Waals surface area contributed by atoms with Crippen LogP contribution in [0.4, 0.5) is 0 Å². The second-order valence-electron chi connectivity index (χ2n) is 5.62. The lowest BCUT2D eigenvalue weighted by Crippen LogP contribution is -2.16. The molecule has 0 saturated heterocycles. The van der Waals surface area contributed by atoms with Crippen LogP contribution < -0.4 is 24.3 Å². The van der Waals surface area contributed by atoms with Crippen molar-refractivity contribution in [1.82, 2.24) is 5.32 Å². The number of nitrogens with one attached hydrogen (secondary N) is 1. The van der Waals surface area contributed by atoms with Gasteiger partial charge in [0.25, 0.3) is 0 Å². The molecule has 1 N–H and O–H groups in total. The summed E-state index contributed by atoms with van der Waals surface area (Å²) in [5.74, 6) is 2.84. The van der Waals surface area contributed by atoms with Gasteiger partial charge in [-0.15, -0.1) is 12.4 Å². The Hall–Kier alpha value is -1.82. The molecule has 0 unspecified atom stereocenters. The van der Waals surface area contributed by atoms with Gasteiger partial charge < -0.3 is 24.3 Å². The molecule has 1 heterocycles. The fourth-order valence-electron chi connectivity index (χ4n) is 2.71. The van der Waals surface area contributed by atoms with Crippen molar-refractivity contribution in [3.8, 4) is 23.0 Å². The average molecular weight is 400 g/mol. The molecule has 2 aromatic rings. The molecule has 0 fully saturated rings. The fraction of sp³-hybridized carbons (Fsp3) is 0.368. The highest BCUT2D eigenvalue weighted by Gasteiger charge is 2.13. The lowest BCUT2D eigenvalue weighted by Gasteiger charge is -2.19. The summed E-state index contributed by atoms with van der Waals surface area (Å²) in [5.41, 5.74) is 2.16. The fourth-order valence-corrected chi connectivity index (χ4v) is 3.00. The van der Waals surface area contributed by atoms with Gasteiger partial charge in [-0.1, -0.05) is 17.7 Å². The molecule has 0 spiro atoms. The Balaban J connectivity index is 0.00000243. The van der Waals surface area contributed by atoms with Crippen molar-refractivity contribution in [2.45, 2.75) is 20.0 Å². The highest BCUT2D eigenvalue weighted by molar-refractivity contribution is 6.32. The third kappa shape index (κ3) is 4.87. The second-order valence-corrected chi connectivity index (χ2v) is 6.03. The first-order valence-electron chi connectivity index (χ1n) is 8.29.